The molecule has 0 heterocycles. The van der Waals surface area contributed by atoms with Crippen molar-refractivity contribution in [1.29, 1.82) is 0 Å². The molecule has 76 valence electrons. The van der Waals surface area contributed by atoms with Crippen LogP contribution in [-0.2, 0) is 2.14 Å². The molecule has 0 aliphatic heterocycles. The molecule has 0 unspecified atom stereocenters. The van der Waals surface area contributed by atoms with Crippen molar-refractivity contribution in [3.63, 3.8) is 0 Å². The van der Waals surface area contributed by atoms with Crippen molar-refractivity contribution in [3.8, 4) is 5.75 Å². The van der Waals surface area contributed by atoms with Crippen LogP contribution in [0, 0.1) is 0 Å². The average Bonchev–Trinajstić information content (AvgIpc) is 2.02. The summed E-state index contributed by atoms with van der Waals surface area (Å²) in [6.07, 6.45) is 0. The van der Waals surface area contributed by atoms with E-state index < -0.39 is 9.46 Å². The summed E-state index contributed by atoms with van der Waals surface area (Å²) in [5.74, 6) is 0.389. The van der Waals surface area contributed by atoms with Crippen LogP contribution < -0.4 is 4.65 Å². The number of halogens is 3. The Labute approximate surface area is 107 Å². The van der Waals surface area contributed by atoms with E-state index in [0.717, 1.165) is 5.56 Å². The van der Waals surface area contributed by atoms with Gasteiger partial charge < -0.3 is 14.7 Å². The minimum Gasteiger partial charge on any atom is -0.512 e. The lowest BCUT2D eigenvalue weighted by Gasteiger charge is -2.13. The van der Waals surface area contributed by atoms with Crippen LogP contribution in [0.2, 0.25) is 0 Å². The zero-order valence-electron chi connectivity index (χ0n) is 6.82. The molecule has 14 heavy (non-hydrogen) atoms. The molecule has 0 atom stereocenters. The first kappa shape index (κ1) is 12.5. The van der Waals surface area contributed by atoms with E-state index in [9.17, 15) is 0 Å². The SMILES string of the molecule is OB(O)Oc1ccc(C(Br)(Br)Br)cc1. The van der Waals surface area contributed by atoms with Gasteiger partial charge >= 0.3 is 7.32 Å². The fourth-order valence-electron chi connectivity index (χ4n) is 0.844. The Morgan fingerprint density at radius 1 is 1.07 bits per heavy atom. The van der Waals surface area contributed by atoms with Gasteiger partial charge in [-0.05, 0) is 17.7 Å². The van der Waals surface area contributed by atoms with Crippen molar-refractivity contribution in [2.24, 2.45) is 0 Å². The van der Waals surface area contributed by atoms with Gasteiger partial charge in [0.1, 0.15) is 5.75 Å². The molecule has 0 radical (unpaired) electrons. The topological polar surface area (TPSA) is 49.7 Å². The molecule has 7 heteroatoms. The summed E-state index contributed by atoms with van der Waals surface area (Å²) in [7, 11) is -1.79. The van der Waals surface area contributed by atoms with E-state index in [1.807, 2.05) is 0 Å². The maximum absolute atomic E-state index is 8.54. The molecule has 1 aromatic carbocycles. The average molecular weight is 389 g/mol. The lowest BCUT2D eigenvalue weighted by molar-refractivity contribution is 0.288. The Bertz CT molecular complexity index is 296. The van der Waals surface area contributed by atoms with E-state index in [1.54, 1.807) is 24.3 Å². The van der Waals surface area contributed by atoms with Crippen molar-refractivity contribution in [3.05, 3.63) is 29.8 Å². The molecule has 0 fully saturated rings. The van der Waals surface area contributed by atoms with Gasteiger partial charge in [0.15, 0.2) is 2.14 Å². The van der Waals surface area contributed by atoms with Crippen LogP contribution >= 0.6 is 47.8 Å². The molecule has 0 aromatic heterocycles. The maximum Gasteiger partial charge on any atom is 0.707 e. The monoisotopic (exact) mass is 386 g/mol. The summed E-state index contributed by atoms with van der Waals surface area (Å²) in [5, 5.41) is 17.1. The van der Waals surface area contributed by atoms with Gasteiger partial charge in [-0.15, -0.1) is 0 Å². The molecular formula is C7H6BBr3O3. The van der Waals surface area contributed by atoms with Crippen molar-refractivity contribution in [2.75, 3.05) is 0 Å². The number of hydrogen-bond acceptors (Lipinski definition) is 3. The van der Waals surface area contributed by atoms with E-state index >= 15 is 0 Å². The van der Waals surface area contributed by atoms with Crippen LogP contribution in [0.15, 0.2) is 24.3 Å². The Morgan fingerprint density at radius 3 is 1.93 bits per heavy atom. The first-order valence-corrected chi connectivity index (χ1v) is 5.97. The Morgan fingerprint density at radius 2 is 1.57 bits per heavy atom. The second-order valence-corrected chi connectivity index (χ2v) is 9.23. The standard InChI is InChI=1S/C7H6BBr3O3/c9-7(10,11)5-1-3-6(4-2-5)14-8(12)13/h1-4,12-13H. The van der Waals surface area contributed by atoms with E-state index in [1.165, 1.54) is 0 Å². The molecular weight excluding hydrogens is 383 g/mol. The van der Waals surface area contributed by atoms with Crippen molar-refractivity contribution in [2.45, 2.75) is 2.14 Å². The molecule has 2 N–H and O–H groups in total. The van der Waals surface area contributed by atoms with Gasteiger partial charge in [-0.3, -0.25) is 0 Å². The summed E-state index contributed by atoms with van der Waals surface area (Å²) in [6, 6.07) is 6.81. The molecule has 1 rings (SSSR count). The largest absolute Gasteiger partial charge is 0.707 e. The number of hydrogen-bond donors (Lipinski definition) is 2. The van der Waals surface area contributed by atoms with Crippen LogP contribution in [0.4, 0.5) is 0 Å². The zero-order valence-corrected chi connectivity index (χ0v) is 11.6. The van der Waals surface area contributed by atoms with Crippen LogP contribution in [0.1, 0.15) is 5.56 Å². The molecule has 0 aliphatic carbocycles. The highest BCUT2D eigenvalue weighted by Gasteiger charge is 2.20. The second-order valence-electron chi connectivity index (χ2n) is 2.47. The Hall–Kier alpha value is 0.445. The third-order valence-electron chi connectivity index (χ3n) is 1.42. The molecule has 0 amide bonds. The van der Waals surface area contributed by atoms with E-state index in [2.05, 4.69) is 52.4 Å². The van der Waals surface area contributed by atoms with Crippen LogP contribution in [-0.4, -0.2) is 17.4 Å². The summed E-state index contributed by atoms with van der Waals surface area (Å²) >= 11 is 10.1. The lowest BCUT2D eigenvalue weighted by atomic mass is 10.2. The van der Waals surface area contributed by atoms with Crippen molar-refractivity contribution < 1.29 is 14.7 Å². The smallest absolute Gasteiger partial charge is 0.512 e. The predicted octanol–water partition coefficient (Wildman–Crippen LogP) is 2.33. The van der Waals surface area contributed by atoms with Gasteiger partial charge in [-0.25, -0.2) is 0 Å². The van der Waals surface area contributed by atoms with Gasteiger partial charge in [-0.1, -0.05) is 59.9 Å². The molecule has 0 saturated heterocycles. The fourth-order valence-corrected chi connectivity index (χ4v) is 1.64. The van der Waals surface area contributed by atoms with Gasteiger partial charge in [0, 0.05) is 0 Å². The highest BCUT2D eigenvalue weighted by atomic mass is 80.0. The Kier molecular flexibility index (Phi) is 4.45. The van der Waals surface area contributed by atoms with Gasteiger partial charge in [-0.2, -0.15) is 0 Å². The first-order valence-electron chi connectivity index (χ1n) is 3.59. The number of alkyl halides is 3. The minimum atomic E-state index is -1.79. The molecule has 3 nitrogen and oxygen atoms in total. The highest BCUT2D eigenvalue weighted by Crippen LogP contribution is 2.44. The third kappa shape index (κ3) is 3.90. The van der Waals surface area contributed by atoms with E-state index in [4.69, 9.17) is 10.0 Å². The van der Waals surface area contributed by atoms with Gasteiger partial charge in [0.05, 0.1) is 0 Å². The van der Waals surface area contributed by atoms with Crippen molar-refractivity contribution >= 4 is 55.1 Å². The summed E-state index contributed by atoms with van der Waals surface area (Å²) < 4.78 is 4.18. The van der Waals surface area contributed by atoms with Gasteiger partial charge in [0.25, 0.3) is 0 Å². The summed E-state index contributed by atoms with van der Waals surface area (Å²) in [4.78, 5) is 0. The second kappa shape index (κ2) is 4.98. The quantitative estimate of drug-likeness (QED) is 0.604. The third-order valence-corrected chi connectivity index (χ3v) is 2.80. The molecule has 0 aliphatic rings. The van der Waals surface area contributed by atoms with Crippen LogP contribution in [0.5, 0.6) is 5.75 Å². The summed E-state index contributed by atoms with van der Waals surface area (Å²) in [5.41, 5.74) is 0.928. The highest BCUT2D eigenvalue weighted by molar-refractivity contribution is 9.38. The number of benzene rings is 1. The normalized spacial score (nSPS) is 11.2. The molecule has 0 saturated carbocycles. The molecule has 1 aromatic rings. The molecule has 0 spiro atoms. The lowest BCUT2D eigenvalue weighted by Crippen LogP contribution is -2.20. The van der Waals surface area contributed by atoms with Crippen LogP contribution in [0.3, 0.4) is 0 Å². The molecule has 0 bridgehead atoms. The van der Waals surface area contributed by atoms with Gasteiger partial charge in [0.2, 0.25) is 0 Å². The van der Waals surface area contributed by atoms with E-state index in [-0.39, 0.29) is 0 Å². The van der Waals surface area contributed by atoms with E-state index in [0.29, 0.717) is 5.75 Å². The van der Waals surface area contributed by atoms with Crippen LogP contribution in [0.25, 0.3) is 0 Å². The zero-order chi connectivity index (χ0) is 10.8. The maximum atomic E-state index is 8.54. The van der Waals surface area contributed by atoms with Crippen molar-refractivity contribution in [1.82, 2.24) is 0 Å². The first-order chi connectivity index (χ1) is 6.39. The Balaban J connectivity index is 2.79. The minimum absolute atomic E-state index is 0.389. The number of rotatable bonds is 2. The fraction of sp³-hybridized carbons (Fsp3) is 0.143. The predicted molar refractivity (Wildman–Crippen MR) is 65.7 cm³/mol. The summed E-state index contributed by atoms with van der Waals surface area (Å²) in [6.45, 7) is 0.